The number of nitrogens with one attached hydrogen (secondary N) is 1. The number of ether oxygens (including phenoxy) is 5. The molecule has 2 atom stereocenters. The number of rotatable bonds is 7. The van der Waals surface area contributed by atoms with Gasteiger partial charge in [0.05, 0.1) is 50.7 Å². The van der Waals surface area contributed by atoms with Crippen molar-refractivity contribution in [1.82, 2.24) is 5.32 Å². The van der Waals surface area contributed by atoms with Gasteiger partial charge in [-0.05, 0) is 47.9 Å². The maximum atomic E-state index is 13.6. The Morgan fingerprint density at radius 2 is 1.83 bits per heavy atom. The van der Waals surface area contributed by atoms with Crippen molar-refractivity contribution in [2.45, 2.75) is 25.4 Å². The molecule has 0 aromatic heterocycles. The van der Waals surface area contributed by atoms with E-state index in [0.717, 1.165) is 16.7 Å². The minimum atomic E-state index is -0.713. The van der Waals surface area contributed by atoms with Gasteiger partial charge in [0.15, 0.2) is 11.5 Å². The van der Waals surface area contributed by atoms with Crippen LogP contribution >= 0.6 is 11.6 Å². The van der Waals surface area contributed by atoms with Gasteiger partial charge in [-0.25, -0.2) is 9.59 Å². The average Bonchev–Trinajstić information content (AvgIpc) is 2.87. The monoisotopic (exact) mass is 513 g/mol. The van der Waals surface area contributed by atoms with E-state index in [1.165, 1.54) is 14.2 Å². The number of cyclic esters (lactones) is 1. The Morgan fingerprint density at radius 3 is 2.47 bits per heavy atom. The number of dihydropyridines is 1. The molecule has 1 N–H and O–H groups in total. The minimum Gasteiger partial charge on any atom is -0.493 e. The number of carbonyl (C=O) groups excluding carboxylic acids is 2. The molecule has 0 amide bonds. The molecule has 36 heavy (non-hydrogen) atoms. The molecule has 2 unspecified atom stereocenters. The number of hydrogen-bond acceptors (Lipinski definition) is 8. The zero-order valence-corrected chi connectivity index (χ0v) is 21.5. The number of hydrogen-bond donors (Lipinski definition) is 1. The highest BCUT2D eigenvalue weighted by atomic mass is 35.5. The lowest BCUT2D eigenvalue weighted by Gasteiger charge is -2.37. The first kappa shape index (κ1) is 25.6. The molecule has 0 fully saturated rings. The molecule has 2 aromatic rings. The smallest absolute Gasteiger partial charge is 0.337 e. The van der Waals surface area contributed by atoms with E-state index >= 15 is 0 Å². The van der Waals surface area contributed by atoms with E-state index in [-0.39, 0.29) is 6.61 Å². The predicted molar refractivity (Wildman–Crippen MR) is 133 cm³/mol. The van der Waals surface area contributed by atoms with Gasteiger partial charge in [-0.15, -0.1) is 0 Å². The van der Waals surface area contributed by atoms with Crippen molar-refractivity contribution < 1.29 is 33.3 Å². The van der Waals surface area contributed by atoms with Crippen molar-refractivity contribution in [3.8, 4) is 11.5 Å². The summed E-state index contributed by atoms with van der Waals surface area (Å²) in [5.74, 6) is -0.693. The first-order chi connectivity index (χ1) is 17.3. The lowest BCUT2D eigenvalue weighted by Crippen LogP contribution is -2.38. The summed E-state index contributed by atoms with van der Waals surface area (Å²) in [4.78, 5) is 26.6. The molecule has 4 rings (SSSR count). The van der Waals surface area contributed by atoms with Gasteiger partial charge in [0.25, 0.3) is 0 Å². The Morgan fingerprint density at radius 1 is 1.08 bits per heavy atom. The topological polar surface area (TPSA) is 92.3 Å². The Balaban J connectivity index is 1.84. The fourth-order valence-corrected chi connectivity index (χ4v) is 4.98. The summed E-state index contributed by atoms with van der Waals surface area (Å²) in [7, 11) is 5.95. The van der Waals surface area contributed by atoms with Gasteiger partial charge in [0.1, 0.15) is 6.10 Å². The van der Waals surface area contributed by atoms with Gasteiger partial charge in [0.2, 0.25) is 0 Å². The Bertz CT molecular complexity index is 1270. The largest absolute Gasteiger partial charge is 0.493 e. The highest BCUT2D eigenvalue weighted by molar-refractivity contribution is 6.30. The molecule has 0 radical (unpaired) electrons. The van der Waals surface area contributed by atoms with Gasteiger partial charge < -0.3 is 29.0 Å². The fraction of sp³-hybridized carbons (Fsp3) is 0.333. The summed E-state index contributed by atoms with van der Waals surface area (Å²) in [5.41, 5.74) is 4.18. The van der Waals surface area contributed by atoms with E-state index in [2.05, 4.69) is 5.32 Å². The summed E-state index contributed by atoms with van der Waals surface area (Å²) in [6, 6.07) is 10.7. The van der Waals surface area contributed by atoms with Gasteiger partial charge >= 0.3 is 11.9 Å². The van der Waals surface area contributed by atoms with Crippen LogP contribution in [0.25, 0.3) is 0 Å². The van der Waals surface area contributed by atoms with E-state index in [9.17, 15) is 9.59 Å². The number of halogens is 1. The summed E-state index contributed by atoms with van der Waals surface area (Å²) in [6.07, 6.45) is -0.208. The van der Waals surface area contributed by atoms with Crippen LogP contribution in [0.1, 0.15) is 35.1 Å². The molecular weight excluding hydrogens is 486 g/mol. The fourth-order valence-electron chi connectivity index (χ4n) is 4.75. The molecule has 2 aromatic carbocycles. The normalized spacial score (nSPS) is 19.3. The van der Waals surface area contributed by atoms with Crippen LogP contribution in [0.4, 0.5) is 0 Å². The molecule has 0 bridgehead atoms. The van der Waals surface area contributed by atoms with Crippen LogP contribution in [0, 0.1) is 6.92 Å². The molecule has 0 aliphatic carbocycles. The third-order valence-electron chi connectivity index (χ3n) is 6.40. The van der Waals surface area contributed by atoms with Crippen LogP contribution in [0.15, 0.2) is 58.9 Å². The minimum absolute atomic E-state index is 0.125. The number of esters is 2. The van der Waals surface area contributed by atoms with Crippen molar-refractivity contribution in [1.29, 1.82) is 0 Å². The number of benzene rings is 2. The molecule has 0 spiro atoms. The molecule has 9 heteroatoms. The predicted octanol–water partition coefficient (Wildman–Crippen LogP) is 4.37. The Labute approximate surface area is 214 Å². The van der Waals surface area contributed by atoms with Crippen LogP contribution in [0.2, 0.25) is 5.02 Å². The quantitative estimate of drug-likeness (QED) is 0.546. The third-order valence-corrected chi connectivity index (χ3v) is 6.64. The van der Waals surface area contributed by atoms with Crippen molar-refractivity contribution in [3.05, 3.63) is 80.7 Å². The lowest BCUT2D eigenvalue weighted by molar-refractivity contribution is -0.146. The first-order valence-electron chi connectivity index (χ1n) is 11.3. The zero-order chi connectivity index (χ0) is 26.0. The molecule has 0 saturated carbocycles. The zero-order valence-electron chi connectivity index (χ0n) is 20.8. The molecule has 2 aliphatic heterocycles. The van der Waals surface area contributed by atoms with Crippen LogP contribution < -0.4 is 14.8 Å². The van der Waals surface area contributed by atoms with E-state index in [1.54, 1.807) is 38.5 Å². The second kappa shape index (κ2) is 10.6. The second-order valence-corrected chi connectivity index (χ2v) is 8.92. The van der Waals surface area contributed by atoms with Gasteiger partial charge in [-0.3, -0.25) is 0 Å². The number of methoxy groups -OCH3 is 4. The third kappa shape index (κ3) is 4.66. The number of carbonyl (C=O) groups is 2. The molecule has 2 aliphatic rings. The summed E-state index contributed by atoms with van der Waals surface area (Å²) < 4.78 is 27.2. The molecule has 0 saturated heterocycles. The van der Waals surface area contributed by atoms with Crippen molar-refractivity contribution in [2.24, 2.45) is 0 Å². The average molecular weight is 514 g/mol. The summed E-state index contributed by atoms with van der Waals surface area (Å²) >= 11 is 6.20. The van der Waals surface area contributed by atoms with Gasteiger partial charge in [-0.1, -0.05) is 23.7 Å². The van der Waals surface area contributed by atoms with Crippen molar-refractivity contribution in [3.63, 3.8) is 0 Å². The second-order valence-electron chi connectivity index (χ2n) is 8.48. The Kier molecular flexibility index (Phi) is 7.56. The van der Waals surface area contributed by atoms with Crippen LogP contribution in [0.3, 0.4) is 0 Å². The highest BCUT2D eigenvalue weighted by Crippen LogP contribution is 2.46. The van der Waals surface area contributed by atoms with E-state index < -0.39 is 24.0 Å². The highest BCUT2D eigenvalue weighted by Gasteiger charge is 2.44. The standard InChI is InChI=1S/C27H28ClNO7/c1-14-10-16(28)7-8-17(14)23-24-18(29-19(13-32-2)25(23)26(30)35-5)12-21(36-27(24)31)15-6-9-20(33-3)22(11-15)34-4/h6-11,21,23,29H,12-13H2,1-5H3. The SMILES string of the molecule is COCC1=C(C(=O)OC)C(c2ccc(Cl)cc2C)C2=C(CC(c3ccc(OC)c(OC)c3)OC2=O)N1. The van der Waals surface area contributed by atoms with Crippen LogP contribution in [0.5, 0.6) is 11.5 Å². The van der Waals surface area contributed by atoms with E-state index in [0.29, 0.717) is 45.5 Å². The maximum absolute atomic E-state index is 13.6. The van der Waals surface area contributed by atoms with Gasteiger partial charge in [0, 0.05) is 24.3 Å². The van der Waals surface area contributed by atoms with Crippen molar-refractivity contribution >= 4 is 23.5 Å². The van der Waals surface area contributed by atoms with E-state index in [4.69, 9.17) is 35.3 Å². The first-order valence-corrected chi connectivity index (χ1v) is 11.7. The lowest BCUT2D eigenvalue weighted by atomic mass is 9.77. The maximum Gasteiger partial charge on any atom is 0.337 e. The molecule has 190 valence electrons. The summed E-state index contributed by atoms with van der Waals surface area (Å²) in [5, 5.41) is 3.84. The van der Waals surface area contributed by atoms with Gasteiger partial charge in [-0.2, -0.15) is 0 Å². The molecule has 2 heterocycles. The number of aryl methyl sites for hydroxylation is 1. The molecular formula is C27H28ClNO7. The van der Waals surface area contributed by atoms with Crippen LogP contribution in [-0.4, -0.2) is 47.0 Å². The van der Waals surface area contributed by atoms with Crippen molar-refractivity contribution in [2.75, 3.05) is 35.0 Å². The van der Waals surface area contributed by atoms with E-state index in [1.807, 2.05) is 19.1 Å². The molecule has 8 nitrogen and oxygen atoms in total. The van der Waals surface area contributed by atoms with Crippen LogP contribution in [-0.2, 0) is 23.8 Å². The summed E-state index contributed by atoms with van der Waals surface area (Å²) in [6.45, 7) is 2.01. The Hall–Kier alpha value is -3.49.